The number of benzene rings is 1. The van der Waals surface area contributed by atoms with Gasteiger partial charge in [-0.15, -0.1) is 0 Å². The number of aromatic amines is 1. The first-order chi connectivity index (χ1) is 11.9. The van der Waals surface area contributed by atoms with Crippen LogP contribution in [0.1, 0.15) is 34.9 Å². The van der Waals surface area contributed by atoms with Gasteiger partial charge in [-0.05, 0) is 25.0 Å². The third kappa shape index (κ3) is 3.47. The molecule has 0 unspecified atom stereocenters. The monoisotopic (exact) mass is 363 g/mol. The van der Waals surface area contributed by atoms with Gasteiger partial charge in [0.15, 0.2) is 0 Å². The van der Waals surface area contributed by atoms with Crippen molar-refractivity contribution in [2.24, 2.45) is 0 Å². The van der Waals surface area contributed by atoms with Crippen molar-refractivity contribution >= 4 is 16.0 Å². The fourth-order valence-corrected chi connectivity index (χ4v) is 4.44. The molecule has 1 aliphatic heterocycles. The van der Waals surface area contributed by atoms with Gasteiger partial charge in [0.05, 0.1) is 4.90 Å². The lowest BCUT2D eigenvalue weighted by atomic mass is 9.99. The molecule has 1 aromatic heterocycles. The highest BCUT2D eigenvalue weighted by Gasteiger charge is 2.32. The number of carbonyl (C=O) groups is 1. The van der Waals surface area contributed by atoms with Crippen LogP contribution in [0.25, 0.3) is 0 Å². The average molecular weight is 363 g/mol. The topological polar surface area (TPSA) is 120 Å². The van der Waals surface area contributed by atoms with Gasteiger partial charge in [0.25, 0.3) is 5.56 Å². The van der Waals surface area contributed by atoms with Crippen LogP contribution >= 0.6 is 0 Å². The van der Waals surface area contributed by atoms with Crippen molar-refractivity contribution in [3.63, 3.8) is 0 Å². The highest BCUT2D eigenvalue weighted by atomic mass is 32.2. The summed E-state index contributed by atoms with van der Waals surface area (Å²) in [5, 5.41) is 8.89. The molecule has 0 spiro atoms. The van der Waals surface area contributed by atoms with Gasteiger partial charge in [-0.1, -0.05) is 18.2 Å². The summed E-state index contributed by atoms with van der Waals surface area (Å²) < 4.78 is 26.8. The molecule has 0 radical (unpaired) electrons. The van der Waals surface area contributed by atoms with Crippen molar-refractivity contribution in [2.45, 2.75) is 23.7 Å². The molecule has 8 nitrogen and oxygen atoms in total. The Kier molecular flexibility index (Phi) is 4.69. The number of aromatic nitrogens is 2. The first kappa shape index (κ1) is 17.3. The Labute approximate surface area is 144 Å². The number of rotatable bonds is 4. The molecular weight excluding hydrogens is 346 g/mol. The van der Waals surface area contributed by atoms with Crippen molar-refractivity contribution in [3.8, 4) is 0 Å². The summed E-state index contributed by atoms with van der Waals surface area (Å²) in [6.45, 7) is 0.581. The maximum atomic E-state index is 12.7. The lowest BCUT2D eigenvalue weighted by Crippen LogP contribution is -2.40. The fourth-order valence-electron chi connectivity index (χ4n) is 2.89. The van der Waals surface area contributed by atoms with E-state index in [1.165, 1.54) is 4.31 Å². The molecule has 9 heteroatoms. The van der Waals surface area contributed by atoms with Gasteiger partial charge in [-0.2, -0.15) is 4.31 Å². The minimum Gasteiger partial charge on any atom is -0.477 e. The highest BCUT2D eigenvalue weighted by Crippen LogP contribution is 2.28. The van der Waals surface area contributed by atoms with Crippen molar-refractivity contribution in [1.29, 1.82) is 0 Å². The Balaban J connectivity index is 1.86. The molecule has 0 aliphatic carbocycles. The van der Waals surface area contributed by atoms with Gasteiger partial charge < -0.3 is 10.1 Å². The Hall–Kier alpha value is -2.52. The summed E-state index contributed by atoms with van der Waals surface area (Å²) in [6.07, 6.45) is 2.30. The van der Waals surface area contributed by atoms with E-state index in [1.54, 1.807) is 30.3 Å². The molecule has 2 heterocycles. The van der Waals surface area contributed by atoms with Gasteiger partial charge >= 0.3 is 5.97 Å². The minimum atomic E-state index is -3.62. The minimum absolute atomic E-state index is 0.187. The second-order valence-corrected chi connectivity index (χ2v) is 7.77. The number of aromatic carboxylic acids is 1. The van der Waals surface area contributed by atoms with E-state index in [9.17, 15) is 18.0 Å². The van der Waals surface area contributed by atoms with Gasteiger partial charge in [-0.3, -0.25) is 4.79 Å². The number of sulfonamides is 1. The second-order valence-electron chi connectivity index (χ2n) is 5.83. The molecular formula is C16H17N3O5S. The van der Waals surface area contributed by atoms with Crippen LogP contribution in [-0.4, -0.2) is 46.9 Å². The second kappa shape index (κ2) is 6.77. The number of hydrogen-bond donors (Lipinski definition) is 2. The van der Waals surface area contributed by atoms with Gasteiger partial charge in [0.2, 0.25) is 10.0 Å². The summed E-state index contributed by atoms with van der Waals surface area (Å²) in [5.74, 6) is -1.33. The number of nitrogens with one attached hydrogen (secondary N) is 1. The number of carboxylic acid groups (broad SMARTS) is 1. The van der Waals surface area contributed by atoms with E-state index >= 15 is 0 Å². The Bertz CT molecular complexity index is 940. The maximum Gasteiger partial charge on any atom is 0.342 e. The predicted molar refractivity (Wildman–Crippen MR) is 89.0 cm³/mol. The Morgan fingerprint density at radius 1 is 1.28 bits per heavy atom. The molecule has 1 saturated heterocycles. The number of H-pyrrole nitrogens is 1. The van der Waals surface area contributed by atoms with Crippen molar-refractivity contribution in [3.05, 3.63) is 58.3 Å². The number of carboxylic acids is 1. The molecule has 0 amide bonds. The molecule has 0 bridgehead atoms. The van der Waals surface area contributed by atoms with Crippen molar-refractivity contribution in [1.82, 2.24) is 14.3 Å². The molecule has 2 N–H and O–H groups in total. The molecule has 0 saturated carbocycles. The van der Waals surface area contributed by atoms with E-state index in [4.69, 9.17) is 5.11 Å². The van der Waals surface area contributed by atoms with E-state index in [-0.39, 0.29) is 17.4 Å². The number of nitrogens with zero attached hydrogens (tertiary/aromatic N) is 2. The molecule has 132 valence electrons. The van der Waals surface area contributed by atoms with Crippen LogP contribution in [0.5, 0.6) is 0 Å². The smallest absolute Gasteiger partial charge is 0.342 e. The van der Waals surface area contributed by atoms with E-state index in [0.717, 1.165) is 6.20 Å². The number of hydrogen-bond acceptors (Lipinski definition) is 5. The third-order valence-corrected chi connectivity index (χ3v) is 6.08. The molecule has 1 fully saturated rings. The lowest BCUT2D eigenvalue weighted by molar-refractivity contribution is 0.0694. The first-order valence-corrected chi connectivity index (χ1v) is 9.21. The zero-order chi connectivity index (χ0) is 18.0. The Morgan fingerprint density at radius 3 is 2.64 bits per heavy atom. The molecule has 1 atom stereocenters. The maximum absolute atomic E-state index is 12.7. The van der Waals surface area contributed by atoms with E-state index in [1.807, 2.05) is 0 Å². The zero-order valence-corrected chi connectivity index (χ0v) is 14.1. The van der Waals surface area contributed by atoms with Crippen LogP contribution in [0.2, 0.25) is 0 Å². The fraction of sp³-hybridized carbons (Fsp3) is 0.312. The molecule has 3 rings (SSSR count). The molecule has 1 aliphatic rings. The van der Waals surface area contributed by atoms with Gasteiger partial charge in [-0.25, -0.2) is 18.2 Å². The summed E-state index contributed by atoms with van der Waals surface area (Å²) in [4.78, 5) is 29.4. The SMILES string of the molecule is O=C(O)c1cnc([C@@H]2CCCN(S(=O)(=O)c3ccccc3)C2)[nH]c1=O. The van der Waals surface area contributed by atoms with E-state index in [0.29, 0.717) is 25.2 Å². The third-order valence-electron chi connectivity index (χ3n) is 4.20. The highest BCUT2D eigenvalue weighted by molar-refractivity contribution is 7.89. The Morgan fingerprint density at radius 2 is 2.00 bits per heavy atom. The average Bonchev–Trinajstić information content (AvgIpc) is 2.62. The van der Waals surface area contributed by atoms with Gasteiger partial charge in [0, 0.05) is 25.2 Å². The predicted octanol–water partition coefficient (Wildman–Crippen LogP) is 1.04. The standard InChI is InChI=1S/C16H17N3O5S/c20-15-13(16(21)22)9-17-14(18-15)11-5-4-8-19(10-11)25(23,24)12-6-2-1-3-7-12/h1-3,6-7,9,11H,4-5,8,10H2,(H,21,22)(H,17,18,20)/t11-/m1/s1. The first-order valence-electron chi connectivity index (χ1n) is 7.77. The number of piperidine rings is 1. The van der Waals surface area contributed by atoms with Crippen LogP contribution < -0.4 is 5.56 Å². The van der Waals surface area contributed by atoms with Crippen molar-refractivity contribution < 1.29 is 18.3 Å². The summed E-state index contributed by atoms with van der Waals surface area (Å²) in [6, 6.07) is 8.16. The van der Waals surface area contributed by atoms with E-state index in [2.05, 4.69) is 9.97 Å². The summed E-state index contributed by atoms with van der Waals surface area (Å²) in [5.41, 5.74) is -1.17. The quantitative estimate of drug-likeness (QED) is 0.837. The largest absolute Gasteiger partial charge is 0.477 e. The van der Waals surface area contributed by atoms with Crippen molar-refractivity contribution in [2.75, 3.05) is 13.1 Å². The summed E-state index contributed by atoms with van der Waals surface area (Å²) in [7, 11) is -3.62. The van der Waals surface area contributed by atoms with E-state index < -0.39 is 27.1 Å². The molecule has 25 heavy (non-hydrogen) atoms. The molecule has 1 aromatic carbocycles. The molecule has 2 aromatic rings. The van der Waals surface area contributed by atoms with Crippen LogP contribution in [0, 0.1) is 0 Å². The normalized spacial score (nSPS) is 18.8. The van der Waals surface area contributed by atoms with Crippen LogP contribution in [0.4, 0.5) is 0 Å². The van der Waals surface area contributed by atoms with Crippen LogP contribution in [0.15, 0.2) is 46.2 Å². The van der Waals surface area contributed by atoms with Crippen LogP contribution in [-0.2, 0) is 10.0 Å². The van der Waals surface area contributed by atoms with Gasteiger partial charge in [0.1, 0.15) is 11.4 Å². The zero-order valence-electron chi connectivity index (χ0n) is 13.3. The lowest BCUT2D eigenvalue weighted by Gasteiger charge is -2.31. The van der Waals surface area contributed by atoms with Crippen LogP contribution in [0.3, 0.4) is 0 Å². The summed E-state index contributed by atoms with van der Waals surface area (Å²) >= 11 is 0.